The third-order valence-corrected chi connectivity index (χ3v) is 4.50. The lowest BCUT2D eigenvalue weighted by atomic mass is 10.2. The first-order valence-electron chi connectivity index (χ1n) is 7.20. The van der Waals surface area contributed by atoms with Crippen LogP contribution in [0.25, 0.3) is 0 Å². The molecule has 0 unspecified atom stereocenters. The number of nitrogens with zero attached hydrogens (tertiary/aromatic N) is 4. The summed E-state index contributed by atoms with van der Waals surface area (Å²) < 4.78 is 9.40. The molecule has 0 radical (unpaired) electrons. The molecule has 0 saturated carbocycles. The number of aromatic nitrogens is 2. The maximum absolute atomic E-state index is 12.3. The molecule has 0 bridgehead atoms. The molecular formula is C13H23N5O2S. The van der Waals surface area contributed by atoms with Crippen LogP contribution in [0.3, 0.4) is 0 Å². The normalized spacial score (nSPS) is 17.7. The van der Waals surface area contributed by atoms with Gasteiger partial charge in [0.1, 0.15) is 5.82 Å². The second kappa shape index (κ2) is 7.67. The molecule has 1 amide bonds. The van der Waals surface area contributed by atoms with Crippen LogP contribution in [0, 0.1) is 6.92 Å². The molecule has 0 aliphatic carbocycles. The molecule has 1 aliphatic heterocycles. The average Bonchev–Trinajstić information content (AvgIpc) is 2.77. The van der Waals surface area contributed by atoms with Crippen LogP contribution >= 0.6 is 11.5 Å². The summed E-state index contributed by atoms with van der Waals surface area (Å²) in [6, 6.07) is 0. The van der Waals surface area contributed by atoms with E-state index in [1.54, 1.807) is 7.11 Å². The van der Waals surface area contributed by atoms with Gasteiger partial charge in [0.05, 0.1) is 12.5 Å². The minimum absolute atomic E-state index is 0.114. The summed E-state index contributed by atoms with van der Waals surface area (Å²) in [5, 5.41) is 0.943. The van der Waals surface area contributed by atoms with E-state index in [1.807, 2.05) is 11.8 Å². The van der Waals surface area contributed by atoms with E-state index in [4.69, 9.17) is 10.5 Å². The van der Waals surface area contributed by atoms with E-state index in [1.165, 1.54) is 11.5 Å². The molecule has 0 spiro atoms. The predicted octanol–water partition coefficient (Wildman–Crippen LogP) is 0.249. The summed E-state index contributed by atoms with van der Waals surface area (Å²) in [4.78, 5) is 20.8. The number of anilines is 1. The topological polar surface area (TPSA) is 84.6 Å². The van der Waals surface area contributed by atoms with Crippen LogP contribution < -0.4 is 10.6 Å². The van der Waals surface area contributed by atoms with E-state index >= 15 is 0 Å². The summed E-state index contributed by atoms with van der Waals surface area (Å²) in [5.41, 5.74) is 5.57. The van der Waals surface area contributed by atoms with Crippen LogP contribution in [-0.4, -0.2) is 66.1 Å². The van der Waals surface area contributed by atoms with Gasteiger partial charge in [-0.25, -0.2) is 4.98 Å². The van der Waals surface area contributed by atoms with E-state index in [0.717, 1.165) is 37.0 Å². The standard InChI is InChI=1S/C13H23N5O2S/c1-10-15-13(21-16-10)18-5-3-4-17(6-7-18)12(19)8-11(9-14)20-2/h11H,3-9,14H2,1-2H3/t11-/m1/s1. The lowest BCUT2D eigenvalue weighted by Crippen LogP contribution is -2.38. The van der Waals surface area contributed by atoms with Crippen molar-refractivity contribution in [3.8, 4) is 0 Å². The Balaban J connectivity index is 1.89. The molecule has 1 aromatic heterocycles. The minimum Gasteiger partial charge on any atom is -0.380 e. The highest BCUT2D eigenvalue weighted by atomic mass is 32.1. The molecule has 2 heterocycles. The van der Waals surface area contributed by atoms with Gasteiger partial charge >= 0.3 is 0 Å². The highest BCUT2D eigenvalue weighted by molar-refractivity contribution is 7.09. The number of amides is 1. The fraction of sp³-hybridized carbons (Fsp3) is 0.769. The van der Waals surface area contributed by atoms with Gasteiger partial charge < -0.3 is 20.3 Å². The Morgan fingerprint density at radius 1 is 1.43 bits per heavy atom. The second-order valence-electron chi connectivity index (χ2n) is 5.14. The van der Waals surface area contributed by atoms with Crippen LogP contribution in [-0.2, 0) is 9.53 Å². The minimum atomic E-state index is -0.192. The Morgan fingerprint density at radius 2 is 2.24 bits per heavy atom. The number of methoxy groups -OCH3 is 1. The first-order chi connectivity index (χ1) is 10.1. The summed E-state index contributed by atoms with van der Waals surface area (Å²) >= 11 is 1.42. The van der Waals surface area contributed by atoms with Crippen molar-refractivity contribution in [1.82, 2.24) is 14.3 Å². The maximum Gasteiger partial charge on any atom is 0.225 e. The molecule has 1 aromatic rings. The number of aryl methyl sites for hydroxylation is 1. The molecule has 2 N–H and O–H groups in total. The lowest BCUT2D eigenvalue weighted by molar-refractivity contribution is -0.133. The fourth-order valence-corrected chi connectivity index (χ4v) is 3.09. The predicted molar refractivity (Wildman–Crippen MR) is 82.5 cm³/mol. The van der Waals surface area contributed by atoms with Gasteiger partial charge in [0.2, 0.25) is 11.0 Å². The number of carbonyl (C=O) groups excluding carboxylic acids is 1. The molecule has 2 rings (SSSR count). The number of hydrogen-bond donors (Lipinski definition) is 1. The van der Waals surface area contributed by atoms with Gasteiger partial charge in [-0.05, 0) is 13.3 Å². The van der Waals surface area contributed by atoms with Crippen LogP contribution in [0.4, 0.5) is 5.13 Å². The monoisotopic (exact) mass is 313 g/mol. The molecule has 8 heteroatoms. The van der Waals surface area contributed by atoms with Crippen molar-refractivity contribution in [2.45, 2.75) is 25.9 Å². The van der Waals surface area contributed by atoms with Gasteiger partial charge in [-0.3, -0.25) is 4.79 Å². The SMILES string of the molecule is CO[C@@H](CN)CC(=O)N1CCCN(c2nc(C)ns2)CC1. The average molecular weight is 313 g/mol. The van der Waals surface area contributed by atoms with E-state index in [9.17, 15) is 4.79 Å². The molecule has 118 valence electrons. The largest absolute Gasteiger partial charge is 0.380 e. The third kappa shape index (κ3) is 4.36. The molecule has 1 fully saturated rings. The molecule has 0 aromatic carbocycles. The zero-order valence-electron chi connectivity index (χ0n) is 12.6. The zero-order valence-corrected chi connectivity index (χ0v) is 13.4. The molecule has 7 nitrogen and oxygen atoms in total. The molecular weight excluding hydrogens is 290 g/mol. The van der Waals surface area contributed by atoms with Crippen molar-refractivity contribution < 1.29 is 9.53 Å². The van der Waals surface area contributed by atoms with Gasteiger partial charge in [0.15, 0.2) is 0 Å². The Labute approximate surface area is 129 Å². The number of hydrogen-bond acceptors (Lipinski definition) is 7. The molecule has 1 saturated heterocycles. The Hall–Kier alpha value is -1.25. The van der Waals surface area contributed by atoms with Gasteiger partial charge in [-0.2, -0.15) is 4.37 Å². The van der Waals surface area contributed by atoms with E-state index < -0.39 is 0 Å². The van der Waals surface area contributed by atoms with Crippen molar-refractivity contribution in [1.29, 1.82) is 0 Å². The Bertz CT molecular complexity index is 463. The second-order valence-corrected chi connectivity index (χ2v) is 5.87. The van der Waals surface area contributed by atoms with Gasteiger partial charge in [-0.1, -0.05) is 0 Å². The van der Waals surface area contributed by atoms with Gasteiger partial charge in [0.25, 0.3) is 0 Å². The van der Waals surface area contributed by atoms with Gasteiger partial charge in [-0.15, -0.1) is 0 Å². The first-order valence-corrected chi connectivity index (χ1v) is 7.97. The van der Waals surface area contributed by atoms with Crippen molar-refractivity contribution >= 4 is 22.6 Å². The Morgan fingerprint density at radius 3 is 2.86 bits per heavy atom. The fourth-order valence-electron chi connectivity index (χ4n) is 2.36. The summed E-state index contributed by atoms with van der Waals surface area (Å²) in [6.07, 6.45) is 1.10. The molecule has 1 aliphatic rings. The van der Waals surface area contributed by atoms with E-state index in [-0.39, 0.29) is 12.0 Å². The van der Waals surface area contributed by atoms with Crippen LogP contribution in [0.2, 0.25) is 0 Å². The van der Waals surface area contributed by atoms with Crippen LogP contribution in [0.15, 0.2) is 0 Å². The molecule has 1 atom stereocenters. The number of rotatable bonds is 5. The highest BCUT2D eigenvalue weighted by Crippen LogP contribution is 2.19. The van der Waals surface area contributed by atoms with Crippen LogP contribution in [0.1, 0.15) is 18.7 Å². The Kier molecular flexibility index (Phi) is 5.89. The summed E-state index contributed by atoms with van der Waals surface area (Å²) in [5.74, 6) is 0.917. The van der Waals surface area contributed by atoms with E-state index in [0.29, 0.717) is 19.5 Å². The maximum atomic E-state index is 12.3. The number of nitrogens with two attached hydrogens (primary N) is 1. The number of carbonyl (C=O) groups is 1. The van der Waals surface area contributed by atoms with Crippen molar-refractivity contribution in [3.63, 3.8) is 0 Å². The van der Waals surface area contributed by atoms with Crippen molar-refractivity contribution in [3.05, 3.63) is 5.82 Å². The first kappa shape index (κ1) is 16.1. The van der Waals surface area contributed by atoms with Crippen LogP contribution in [0.5, 0.6) is 0 Å². The summed E-state index contributed by atoms with van der Waals surface area (Å²) in [6.45, 7) is 5.44. The smallest absolute Gasteiger partial charge is 0.225 e. The van der Waals surface area contributed by atoms with Gasteiger partial charge in [0, 0.05) is 51.4 Å². The molecule has 21 heavy (non-hydrogen) atoms. The zero-order chi connectivity index (χ0) is 15.2. The summed E-state index contributed by atoms with van der Waals surface area (Å²) in [7, 11) is 1.59. The van der Waals surface area contributed by atoms with E-state index in [2.05, 4.69) is 14.3 Å². The quantitative estimate of drug-likeness (QED) is 0.839. The lowest BCUT2D eigenvalue weighted by Gasteiger charge is -2.23. The highest BCUT2D eigenvalue weighted by Gasteiger charge is 2.22. The number of ether oxygens (including phenoxy) is 1. The van der Waals surface area contributed by atoms with Crippen molar-refractivity contribution in [2.24, 2.45) is 5.73 Å². The third-order valence-electron chi connectivity index (χ3n) is 3.63. The van der Waals surface area contributed by atoms with Crippen molar-refractivity contribution in [2.75, 3.05) is 44.7 Å².